The number of aryl methyl sites for hydroxylation is 1. The van der Waals surface area contributed by atoms with Gasteiger partial charge in [-0.1, -0.05) is 15.9 Å². The molecule has 6 heteroatoms. The number of nitrogens with one attached hydrogen (secondary N) is 2. The lowest BCUT2D eigenvalue weighted by Crippen LogP contribution is -3.10. The minimum absolute atomic E-state index is 0.0464. The molecule has 2 heterocycles. The van der Waals surface area contributed by atoms with Gasteiger partial charge in [-0.2, -0.15) is 0 Å². The quantitative estimate of drug-likeness (QED) is 0.636. The summed E-state index contributed by atoms with van der Waals surface area (Å²) in [5.41, 5.74) is 1.87. The van der Waals surface area contributed by atoms with E-state index in [0.717, 1.165) is 32.1 Å². The van der Waals surface area contributed by atoms with Crippen molar-refractivity contribution in [2.24, 2.45) is 0 Å². The topological polar surface area (TPSA) is 59.8 Å². The standard InChI is InChI=1S/C19H19BrN2O3/c1-14-10-15(6-7-18(14)20)21-19(23)13-22(11-16-4-2-8-24-16)12-17-5-3-9-25-17/h2-10H,11-13H2,1H3,(H,21,23)/p+1. The molecular formula is C19H20BrN2O3+. The van der Waals surface area contributed by atoms with Crippen LogP contribution in [-0.4, -0.2) is 12.5 Å². The summed E-state index contributed by atoms with van der Waals surface area (Å²) in [5, 5.41) is 2.96. The number of carbonyl (C=O) groups is 1. The Hall–Kier alpha value is -2.31. The molecule has 0 radical (unpaired) electrons. The minimum atomic E-state index is -0.0464. The largest absolute Gasteiger partial charge is 0.463 e. The maximum Gasteiger partial charge on any atom is 0.279 e. The first-order chi connectivity index (χ1) is 12.1. The molecule has 0 aliphatic carbocycles. The summed E-state index contributed by atoms with van der Waals surface area (Å²) in [6, 6.07) is 13.3. The second-order valence-electron chi connectivity index (χ2n) is 5.95. The Kier molecular flexibility index (Phi) is 5.73. The summed E-state index contributed by atoms with van der Waals surface area (Å²) in [6.07, 6.45) is 3.29. The van der Waals surface area contributed by atoms with E-state index in [1.165, 1.54) is 0 Å². The van der Waals surface area contributed by atoms with Gasteiger partial charge in [0.15, 0.2) is 18.1 Å². The fourth-order valence-electron chi connectivity index (χ4n) is 2.66. The number of hydrogen-bond acceptors (Lipinski definition) is 3. The highest BCUT2D eigenvalue weighted by atomic mass is 79.9. The van der Waals surface area contributed by atoms with Gasteiger partial charge in [0, 0.05) is 10.2 Å². The summed E-state index contributed by atoms with van der Waals surface area (Å²) in [4.78, 5) is 13.5. The number of quaternary nitrogens is 1. The molecule has 3 rings (SSSR count). The van der Waals surface area contributed by atoms with Crippen LogP contribution in [0.15, 0.2) is 68.3 Å². The molecule has 0 saturated heterocycles. The van der Waals surface area contributed by atoms with E-state index in [2.05, 4.69) is 21.2 Å². The van der Waals surface area contributed by atoms with E-state index in [1.54, 1.807) is 12.5 Å². The summed E-state index contributed by atoms with van der Waals surface area (Å²) in [6.45, 7) is 3.53. The molecule has 0 aliphatic rings. The van der Waals surface area contributed by atoms with Gasteiger partial charge in [-0.3, -0.25) is 4.79 Å². The van der Waals surface area contributed by atoms with Crippen LogP contribution in [0, 0.1) is 6.92 Å². The maximum atomic E-state index is 12.5. The predicted octanol–water partition coefficient (Wildman–Crippen LogP) is 3.17. The Morgan fingerprint density at radius 2 is 1.72 bits per heavy atom. The molecule has 0 saturated carbocycles. The van der Waals surface area contributed by atoms with E-state index in [4.69, 9.17) is 8.83 Å². The highest BCUT2D eigenvalue weighted by Gasteiger charge is 2.18. The van der Waals surface area contributed by atoms with Gasteiger partial charge in [0.25, 0.3) is 5.91 Å². The van der Waals surface area contributed by atoms with Gasteiger partial charge < -0.3 is 19.1 Å². The van der Waals surface area contributed by atoms with Crippen LogP contribution in [-0.2, 0) is 17.9 Å². The van der Waals surface area contributed by atoms with E-state index in [1.807, 2.05) is 49.4 Å². The summed E-state index contributed by atoms with van der Waals surface area (Å²) >= 11 is 3.46. The number of benzene rings is 1. The zero-order chi connectivity index (χ0) is 17.6. The molecule has 0 atom stereocenters. The zero-order valence-electron chi connectivity index (χ0n) is 13.9. The molecule has 1 aromatic carbocycles. The molecule has 0 bridgehead atoms. The molecule has 25 heavy (non-hydrogen) atoms. The molecule has 0 fully saturated rings. The third-order valence-electron chi connectivity index (χ3n) is 3.86. The first kappa shape index (κ1) is 17.5. The van der Waals surface area contributed by atoms with Crippen molar-refractivity contribution in [2.75, 3.05) is 11.9 Å². The molecule has 1 amide bonds. The fraction of sp³-hybridized carbons (Fsp3) is 0.211. The van der Waals surface area contributed by atoms with Gasteiger partial charge in [-0.05, 0) is 55.0 Å². The summed E-state index contributed by atoms with van der Waals surface area (Å²) in [7, 11) is 0. The molecule has 0 aliphatic heterocycles. The van der Waals surface area contributed by atoms with Gasteiger partial charge in [0.05, 0.1) is 12.5 Å². The van der Waals surface area contributed by atoms with Crippen molar-refractivity contribution in [3.05, 3.63) is 76.5 Å². The smallest absolute Gasteiger partial charge is 0.279 e. The van der Waals surface area contributed by atoms with Gasteiger partial charge in [0.2, 0.25) is 0 Å². The number of halogens is 1. The van der Waals surface area contributed by atoms with Crippen LogP contribution < -0.4 is 10.2 Å². The van der Waals surface area contributed by atoms with E-state index in [9.17, 15) is 4.79 Å². The third-order valence-corrected chi connectivity index (χ3v) is 4.75. The van der Waals surface area contributed by atoms with E-state index in [-0.39, 0.29) is 5.91 Å². The van der Waals surface area contributed by atoms with Gasteiger partial charge >= 0.3 is 0 Å². The molecule has 3 aromatic rings. The second-order valence-corrected chi connectivity index (χ2v) is 6.81. The number of amides is 1. The first-order valence-corrected chi connectivity index (χ1v) is 8.84. The van der Waals surface area contributed by atoms with Gasteiger partial charge in [-0.25, -0.2) is 0 Å². The van der Waals surface area contributed by atoms with Crippen molar-refractivity contribution < 1.29 is 18.5 Å². The monoisotopic (exact) mass is 403 g/mol. The van der Waals surface area contributed by atoms with E-state index in [0.29, 0.717) is 19.6 Å². The van der Waals surface area contributed by atoms with Crippen molar-refractivity contribution in [3.8, 4) is 0 Å². The Morgan fingerprint density at radius 3 is 2.24 bits per heavy atom. The number of rotatable bonds is 7. The lowest BCUT2D eigenvalue weighted by molar-refractivity contribution is -0.921. The first-order valence-electron chi connectivity index (χ1n) is 8.04. The van der Waals surface area contributed by atoms with Gasteiger partial charge in [-0.15, -0.1) is 0 Å². The summed E-state index contributed by atoms with van der Waals surface area (Å²) in [5.74, 6) is 1.64. The fourth-order valence-corrected chi connectivity index (χ4v) is 2.91. The molecule has 5 nitrogen and oxygen atoms in total. The maximum absolute atomic E-state index is 12.5. The normalized spacial score (nSPS) is 11.0. The molecular weight excluding hydrogens is 384 g/mol. The minimum Gasteiger partial charge on any atom is -0.463 e. The Morgan fingerprint density at radius 1 is 1.08 bits per heavy atom. The number of furan rings is 2. The zero-order valence-corrected chi connectivity index (χ0v) is 15.5. The van der Waals surface area contributed by atoms with Crippen LogP contribution in [0.4, 0.5) is 5.69 Å². The average Bonchev–Trinajstić information content (AvgIpc) is 3.25. The Bertz CT molecular complexity index is 777. The summed E-state index contributed by atoms with van der Waals surface area (Å²) < 4.78 is 11.9. The molecule has 2 N–H and O–H groups in total. The lowest BCUT2D eigenvalue weighted by atomic mass is 10.2. The van der Waals surface area contributed by atoms with Gasteiger partial charge in [0.1, 0.15) is 13.1 Å². The van der Waals surface area contributed by atoms with E-state index >= 15 is 0 Å². The van der Waals surface area contributed by atoms with Crippen molar-refractivity contribution in [2.45, 2.75) is 20.0 Å². The highest BCUT2D eigenvalue weighted by molar-refractivity contribution is 9.10. The van der Waals surface area contributed by atoms with Crippen LogP contribution in [0.3, 0.4) is 0 Å². The predicted molar refractivity (Wildman–Crippen MR) is 98.2 cm³/mol. The molecule has 0 unspecified atom stereocenters. The second kappa shape index (κ2) is 8.18. The van der Waals surface area contributed by atoms with Crippen molar-refractivity contribution in [3.63, 3.8) is 0 Å². The highest BCUT2D eigenvalue weighted by Crippen LogP contribution is 2.19. The molecule has 0 spiro atoms. The Labute approximate surface area is 154 Å². The number of anilines is 1. The van der Waals surface area contributed by atoms with Crippen LogP contribution in [0.25, 0.3) is 0 Å². The van der Waals surface area contributed by atoms with Crippen LogP contribution in [0.5, 0.6) is 0 Å². The van der Waals surface area contributed by atoms with Crippen molar-refractivity contribution in [1.29, 1.82) is 0 Å². The Balaban J connectivity index is 1.65. The number of carbonyl (C=O) groups excluding carboxylic acids is 1. The van der Waals surface area contributed by atoms with E-state index < -0.39 is 0 Å². The SMILES string of the molecule is Cc1cc(NC(=O)C[NH+](Cc2ccco2)Cc2ccco2)ccc1Br. The van der Waals surface area contributed by atoms with Crippen LogP contribution in [0.2, 0.25) is 0 Å². The van der Waals surface area contributed by atoms with Crippen molar-refractivity contribution >= 4 is 27.5 Å². The molecule has 2 aromatic heterocycles. The van der Waals surface area contributed by atoms with Crippen molar-refractivity contribution in [1.82, 2.24) is 0 Å². The number of hydrogen-bond donors (Lipinski definition) is 2. The average molecular weight is 404 g/mol. The molecule has 130 valence electrons. The lowest BCUT2D eigenvalue weighted by Gasteiger charge is -2.17. The van der Waals surface area contributed by atoms with Crippen LogP contribution >= 0.6 is 15.9 Å². The van der Waals surface area contributed by atoms with Crippen LogP contribution in [0.1, 0.15) is 17.1 Å². The third kappa shape index (κ3) is 5.08.